The van der Waals surface area contributed by atoms with Gasteiger partial charge in [-0.05, 0) is 25.1 Å². The minimum Gasteiger partial charge on any atom is -0.345 e. The number of nitrogens with one attached hydrogen (secondary N) is 1. The Morgan fingerprint density at radius 2 is 1.31 bits per heavy atom. The van der Waals surface area contributed by atoms with Crippen molar-refractivity contribution in [3.63, 3.8) is 0 Å². The Labute approximate surface area is 151 Å². The number of rotatable bonds is 5. The summed E-state index contributed by atoms with van der Waals surface area (Å²) in [5, 5.41) is 2.77. The number of benzene rings is 3. The first-order valence-electron chi connectivity index (χ1n) is 8.31. The van der Waals surface area contributed by atoms with Crippen molar-refractivity contribution < 1.29 is 14.0 Å². The van der Waals surface area contributed by atoms with Crippen molar-refractivity contribution in [1.29, 1.82) is 0 Å². The Kier molecular flexibility index (Phi) is 5.23. The summed E-state index contributed by atoms with van der Waals surface area (Å²) in [6.45, 7) is 1.73. The molecule has 3 rings (SSSR count). The number of ketones is 1. The van der Waals surface area contributed by atoms with Crippen LogP contribution in [0, 0.1) is 5.82 Å². The van der Waals surface area contributed by atoms with Crippen LogP contribution in [0.2, 0.25) is 0 Å². The lowest BCUT2D eigenvalue weighted by Crippen LogP contribution is -2.27. The molecule has 1 atom stereocenters. The molecular formula is C22H18FNO2. The van der Waals surface area contributed by atoms with E-state index in [0.717, 1.165) is 0 Å². The quantitative estimate of drug-likeness (QED) is 0.688. The van der Waals surface area contributed by atoms with Gasteiger partial charge in [0.15, 0.2) is 5.78 Å². The minimum atomic E-state index is -0.464. The minimum absolute atomic E-state index is 0.0997. The Bertz CT molecular complexity index is 920. The highest BCUT2D eigenvalue weighted by molar-refractivity contribution is 6.09. The Balaban J connectivity index is 1.71. The fourth-order valence-corrected chi connectivity index (χ4v) is 2.71. The number of halogens is 1. The highest BCUT2D eigenvalue weighted by Gasteiger charge is 2.15. The standard InChI is InChI=1S/C22H18FNO2/c1-15(19-9-5-6-10-20(19)23)24-22(26)18-13-11-17(12-14-18)21(25)16-7-3-2-4-8-16/h2-15H,1H3,(H,24,26)/t15-/m0/s1. The molecule has 0 saturated heterocycles. The maximum atomic E-state index is 13.8. The average Bonchev–Trinajstić information content (AvgIpc) is 2.68. The maximum Gasteiger partial charge on any atom is 0.251 e. The van der Waals surface area contributed by atoms with E-state index in [1.54, 1.807) is 73.7 Å². The molecule has 0 spiro atoms. The SMILES string of the molecule is C[C@H](NC(=O)c1ccc(C(=O)c2ccccc2)cc1)c1ccccc1F. The van der Waals surface area contributed by atoms with Gasteiger partial charge in [-0.1, -0.05) is 60.7 Å². The first-order valence-corrected chi connectivity index (χ1v) is 8.31. The lowest BCUT2D eigenvalue weighted by molar-refractivity contribution is 0.0938. The van der Waals surface area contributed by atoms with Gasteiger partial charge in [0.05, 0.1) is 6.04 Å². The van der Waals surface area contributed by atoms with E-state index in [1.807, 2.05) is 6.07 Å². The van der Waals surface area contributed by atoms with Crippen molar-refractivity contribution in [2.75, 3.05) is 0 Å². The third-order valence-electron chi connectivity index (χ3n) is 4.16. The van der Waals surface area contributed by atoms with Crippen molar-refractivity contribution in [3.05, 3.63) is 107 Å². The monoisotopic (exact) mass is 347 g/mol. The first kappa shape index (κ1) is 17.5. The molecule has 1 N–H and O–H groups in total. The van der Waals surface area contributed by atoms with E-state index < -0.39 is 6.04 Å². The molecule has 3 aromatic carbocycles. The number of amides is 1. The molecule has 0 radical (unpaired) electrons. The molecule has 1 amide bonds. The summed E-state index contributed by atoms with van der Waals surface area (Å²) in [6, 6.07) is 21.3. The van der Waals surface area contributed by atoms with Crippen molar-refractivity contribution in [2.45, 2.75) is 13.0 Å². The largest absolute Gasteiger partial charge is 0.345 e. The number of hydrogen-bond donors (Lipinski definition) is 1. The van der Waals surface area contributed by atoms with Crippen LogP contribution in [-0.2, 0) is 0 Å². The van der Waals surface area contributed by atoms with E-state index in [0.29, 0.717) is 22.3 Å². The molecule has 130 valence electrons. The van der Waals surface area contributed by atoms with Crippen LogP contribution in [0.5, 0.6) is 0 Å². The Hall–Kier alpha value is -3.27. The van der Waals surface area contributed by atoms with E-state index >= 15 is 0 Å². The van der Waals surface area contributed by atoms with Gasteiger partial charge in [0, 0.05) is 22.3 Å². The molecule has 0 aliphatic rings. The van der Waals surface area contributed by atoms with Crippen LogP contribution in [0.25, 0.3) is 0 Å². The zero-order chi connectivity index (χ0) is 18.5. The summed E-state index contributed by atoms with van der Waals surface area (Å²) in [5.41, 5.74) is 1.95. The van der Waals surface area contributed by atoms with Crippen LogP contribution in [-0.4, -0.2) is 11.7 Å². The van der Waals surface area contributed by atoms with Gasteiger partial charge in [0.25, 0.3) is 5.91 Å². The van der Waals surface area contributed by atoms with Gasteiger partial charge < -0.3 is 5.32 Å². The molecule has 0 bridgehead atoms. The van der Waals surface area contributed by atoms with Crippen LogP contribution in [0.3, 0.4) is 0 Å². The summed E-state index contributed by atoms with van der Waals surface area (Å²) < 4.78 is 13.8. The fraction of sp³-hybridized carbons (Fsp3) is 0.0909. The van der Waals surface area contributed by atoms with Crippen LogP contribution in [0.1, 0.15) is 44.8 Å². The highest BCUT2D eigenvalue weighted by Crippen LogP contribution is 2.17. The molecule has 4 heteroatoms. The van der Waals surface area contributed by atoms with E-state index in [-0.39, 0.29) is 17.5 Å². The first-order chi connectivity index (χ1) is 12.6. The molecule has 0 fully saturated rings. The summed E-state index contributed by atoms with van der Waals surface area (Å²) in [5.74, 6) is -0.777. The third-order valence-corrected chi connectivity index (χ3v) is 4.16. The fourth-order valence-electron chi connectivity index (χ4n) is 2.71. The molecule has 0 unspecified atom stereocenters. The van der Waals surface area contributed by atoms with Gasteiger partial charge in [0.2, 0.25) is 0 Å². The number of carbonyl (C=O) groups is 2. The summed E-state index contributed by atoms with van der Waals surface area (Å²) in [7, 11) is 0. The zero-order valence-corrected chi connectivity index (χ0v) is 14.3. The molecular weight excluding hydrogens is 329 g/mol. The molecule has 3 aromatic rings. The van der Waals surface area contributed by atoms with Crippen LogP contribution in [0.4, 0.5) is 4.39 Å². The summed E-state index contributed by atoms with van der Waals surface area (Å²) >= 11 is 0. The molecule has 0 saturated carbocycles. The van der Waals surface area contributed by atoms with Gasteiger partial charge >= 0.3 is 0 Å². The highest BCUT2D eigenvalue weighted by atomic mass is 19.1. The van der Waals surface area contributed by atoms with Gasteiger partial charge in [-0.15, -0.1) is 0 Å². The number of carbonyl (C=O) groups excluding carboxylic acids is 2. The Morgan fingerprint density at radius 1 is 0.769 bits per heavy atom. The molecule has 0 heterocycles. The zero-order valence-electron chi connectivity index (χ0n) is 14.3. The lowest BCUT2D eigenvalue weighted by Gasteiger charge is -2.15. The number of hydrogen-bond acceptors (Lipinski definition) is 2. The summed E-state index contributed by atoms with van der Waals surface area (Å²) in [4.78, 5) is 24.8. The third kappa shape index (κ3) is 3.86. The molecule has 3 nitrogen and oxygen atoms in total. The molecule has 0 aliphatic carbocycles. The smallest absolute Gasteiger partial charge is 0.251 e. The van der Waals surface area contributed by atoms with Crippen LogP contribution in [0.15, 0.2) is 78.9 Å². The van der Waals surface area contributed by atoms with Crippen molar-refractivity contribution in [1.82, 2.24) is 5.32 Å². The van der Waals surface area contributed by atoms with E-state index in [9.17, 15) is 14.0 Å². The predicted octanol–water partition coefficient (Wildman–Crippen LogP) is 4.55. The second kappa shape index (κ2) is 7.74. The van der Waals surface area contributed by atoms with Crippen molar-refractivity contribution in [2.24, 2.45) is 0 Å². The lowest BCUT2D eigenvalue weighted by atomic mass is 10.0. The molecule has 26 heavy (non-hydrogen) atoms. The normalized spacial score (nSPS) is 11.6. The summed E-state index contributed by atoms with van der Waals surface area (Å²) in [6.07, 6.45) is 0. The second-order valence-corrected chi connectivity index (χ2v) is 5.99. The van der Waals surface area contributed by atoms with E-state index in [1.165, 1.54) is 6.07 Å². The maximum absolute atomic E-state index is 13.8. The Morgan fingerprint density at radius 3 is 1.96 bits per heavy atom. The van der Waals surface area contributed by atoms with E-state index in [4.69, 9.17) is 0 Å². The van der Waals surface area contributed by atoms with Gasteiger partial charge in [-0.2, -0.15) is 0 Å². The van der Waals surface area contributed by atoms with Crippen LogP contribution < -0.4 is 5.32 Å². The predicted molar refractivity (Wildman–Crippen MR) is 98.6 cm³/mol. The van der Waals surface area contributed by atoms with Crippen molar-refractivity contribution in [3.8, 4) is 0 Å². The van der Waals surface area contributed by atoms with Gasteiger partial charge in [0.1, 0.15) is 5.82 Å². The van der Waals surface area contributed by atoms with E-state index in [2.05, 4.69) is 5.32 Å². The van der Waals surface area contributed by atoms with Gasteiger partial charge in [-0.25, -0.2) is 4.39 Å². The average molecular weight is 347 g/mol. The van der Waals surface area contributed by atoms with Gasteiger partial charge in [-0.3, -0.25) is 9.59 Å². The van der Waals surface area contributed by atoms with Crippen molar-refractivity contribution >= 4 is 11.7 Å². The second-order valence-electron chi connectivity index (χ2n) is 5.99. The topological polar surface area (TPSA) is 46.2 Å². The van der Waals surface area contributed by atoms with Crippen LogP contribution >= 0.6 is 0 Å². The molecule has 0 aromatic heterocycles. The molecule has 0 aliphatic heterocycles.